The highest BCUT2D eigenvalue weighted by Crippen LogP contribution is 2.36. The molecule has 0 bridgehead atoms. The fraction of sp³-hybridized carbons (Fsp3) is 0.391. The lowest BCUT2D eigenvalue weighted by Gasteiger charge is -2.43. The Morgan fingerprint density at radius 2 is 1.94 bits per heavy atom. The van der Waals surface area contributed by atoms with Gasteiger partial charge in [-0.05, 0) is 43.2 Å². The summed E-state index contributed by atoms with van der Waals surface area (Å²) in [6.07, 6.45) is 1.52. The Hall–Kier alpha value is -3.26. The van der Waals surface area contributed by atoms with Crippen molar-refractivity contribution in [2.24, 2.45) is 0 Å². The molecule has 2 aliphatic heterocycles. The van der Waals surface area contributed by atoms with Gasteiger partial charge in [-0.1, -0.05) is 18.2 Å². The molecule has 0 atom stereocenters. The van der Waals surface area contributed by atoms with Crippen LogP contribution in [0.2, 0.25) is 0 Å². The second kappa shape index (κ2) is 8.85. The molecule has 2 aliphatic rings. The summed E-state index contributed by atoms with van der Waals surface area (Å²) in [5.74, 6) is 0.508. The quantitative estimate of drug-likeness (QED) is 0.608. The number of hydrogen-bond donors (Lipinski definition) is 3. The summed E-state index contributed by atoms with van der Waals surface area (Å²) in [6.45, 7) is 3.43. The third-order valence-corrected chi connectivity index (χ3v) is 6.29. The molecule has 164 valence electrons. The second-order valence-corrected chi connectivity index (χ2v) is 8.01. The van der Waals surface area contributed by atoms with Gasteiger partial charge in [-0.25, -0.2) is 0 Å². The molecule has 0 radical (unpaired) electrons. The number of carbonyl (C=O) groups is 2. The van der Waals surface area contributed by atoms with Gasteiger partial charge in [0.15, 0.2) is 0 Å². The molecule has 4 rings (SSSR count). The Balaban J connectivity index is 1.30. The molecule has 2 amide bonds. The van der Waals surface area contributed by atoms with Crippen LogP contribution in [-0.4, -0.2) is 62.2 Å². The number of anilines is 2. The Bertz CT molecular complexity index is 941. The minimum atomic E-state index is -0.484. The number of nitrogen functional groups attached to an aromatic ring is 1. The van der Waals surface area contributed by atoms with E-state index in [0.717, 1.165) is 38.2 Å². The van der Waals surface area contributed by atoms with Crippen LogP contribution in [0.1, 0.15) is 23.2 Å². The van der Waals surface area contributed by atoms with Gasteiger partial charge >= 0.3 is 0 Å². The predicted molar refractivity (Wildman–Crippen MR) is 120 cm³/mol. The Labute approximate surface area is 182 Å². The van der Waals surface area contributed by atoms with Gasteiger partial charge in [-0.15, -0.1) is 0 Å². The number of benzene rings is 2. The second-order valence-electron chi connectivity index (χ2n) is 8.01. The van der Waals surface area contributed by atoms with Crippen molar-refractivity contribution in [3.63, 3.8) is 0 Å². The number of nitrogens with one attached hydrogen (secondary N) is 2. The molecule has 8 nitrogen and oxygen atoms in total. The molecule has 2 aromatic carbocycles. The normalized spacial score (nSPS) is 18.1. The monoisotopic (exact) mass is 423 g/mol. The van der Waals surface area contributed by atoms with Crippen molar-refractivity contribution in [1.29, 1.82) is 0 Å². The number of likely N-dealkylation sites (tertiary alicyclic amines) is 1. The van der Waals surface area contributed by atoms with E-state index < -0.39 is 5.54 Å². The van der Waals surface area contributed by atoms with E-state index in [9.17, 15) is 9.59 Å². The first-order valence-electron chi connectivity index (χ1n) is 10.6. The summed E-state index contributed by atoms with van der Waals surface area (Å²) >= 11 is 0. The van der Waals surface area contributed by atoms with Gasteiger partial charge in [-0.2, -0.15) is 0 Å². The van der Waals surface area contributed by atoms with Crippen LogP contribution in [0.5, 0.6) is 5.75 Å². The zero-order valence-electron chi connectivity index (χ0n) is 17.8. The number of nitrogens with two attached hydrogens (primary N) is 1. The van der Waals surface area contributed by atoms with Gasteiger partial charge in [0.25, 0.3) is 5.91 Å². The van der Waals surface area contributed by atoms with E-state index in [-0.39, 0.29) is 11.8 Å². The van der Waals surface area contributed by atoms with Gasteiger partial charge in [0.05, 0.1) is 19.5 Å². The highest BCUT2D eigenvalue weighted by molar-refractivity contribution is 5.95. The Morgan fingerprint density at radius 3 is 2.61 bits per heavy atom. The summed E-state index contributed by atoms with van der Waals surface area (Å²) in [4.78, 5) is 29.6. The molecule has 8 heteroatoms. The van der Waals surface area contributed by atoms with Crippen molar-refractivity contribution in [3.05, 3.63) is 54.1 Å². The summed E-state index contributed by atoms with van der Waals surface area (Å²) in [7, 11) is 1.54. The number of rotatable bonds is 6. The van der Waals surface area contributed by atoms with Crippen LogP contribution in [0.3, 0.4) is 0 Å². The first-order valence-corrected chi connectivity index (χ1v) is 10.6. The molecule has 2 saturated heterocycles. The molecule has 2 fully saturated rings. The first kappa shape index (κ1) is 21.0. The lowest BCUT2D eigenvalue weighted by molar-refractivity contribution is -0.125. The molecule has 31 heavy (non-hydrogen) atoms. The average molecular weight is 424 g/mol. The molecular weight excluding hydrogens is 394 g/mol. The predicted octanol–water partition coefficient (Wildman–Crippen LogP) is 1.44. The SMILES string of the molecule is COc1ccc(C(=O)NCCN2CCC3(CC2)C(=O)NCN3c2ccccc2)cc1N. The van der Waals surface area contributed by atoms with E-state index >= 15 is 0 Å². The summed E-state index contributed by atoms with van der Waals surface area (Å²) < 4.78 is 5.13. The number of piperidine rings is 1. The number of ether oxygens (including phenoxy) is 1. The van der Waals surface area contributed by atoms with Crippen molar-refractivity contribution in [2.75, 3.05) is 50.6 Å². The third kappa shape index (κ3) is 4.16. The topological polar surface area (TPSA) is 99.9 Å². The molecule has 0 unspecified atom stereocenters. The first-order chi connectivity index (χ1) is 15.0. The maximum Gasteiger partial charge on any atom is 0.251 e. The van der Waals surface area contributed by atoms with Gasteiger partial charge in [-0.3, -0.25) is 9.59 Å². The zero-order valence-corrected chi connectivity index (χ0v) is 17.8. The molecule has 2 heterocycles. The molecule has 1 spiro atoms. The fourth-order valence-corrected chi connectivity index (χ4v) is 4.48. The van der Waals surface area contributed by atoms with Crippen LogP contribution >= 0.6 is 0 Å². The van der Waals surface area contributed by atoms with E-state index in [0.29, 0.717) is 30.2 Å². The fourth-order valence-electron chi connectivity index (χ4n) is 4.48. The summed E-state index contributed by atoms with van der Waals surface area (Å²) in [5, 5.41) is 5.97. The standard InChI is InChI=1S/C23H29N5O3/c1-31-20-8-7-17(15-19(20)24)21(29)25-11-14-27-12-9-23(10-13-27)22(30)26-16-28(23)18-5-3-2-4-6-18/h2-8,15H,9-14,16,24H2,1H3,(H,25,29)(H,26,30). The van der Waals surface area contributed by atoms with Crippen LogP contribution in [-0.2, 0) is 4.79 Å². The number of hydrogen-bond acceptors (Lipinski definition) is 6. The highest BCUT2D eigenvalue weighted by Gasteiger charge is 2.50. The lowest BCUT2D eigenvalue weighted by Crippen LogP contribution is -2.57. The highest BCUT2D eigenvalue weighted by atomic mass is 16.5. The smallest absolute Gasteiger partial charge is 0.251 e. The van der Waals surface area contributed by atoms with E-state index in [1.165, 1.54) is 0 Å². The molecule has 0 saturated carbocycles. The molecule has 0 aliphatic carbocycles. The zero-order chi connectivity index (χ0) is 21.8. The Kier molecular flexibility index (Phi) is 5.99. The van der Waals surface area contributed by atoms with Crippen LogP contribution in [0, 0.1) is 0 Å². The number of amides is 2. The van der Waals surface area contributed by atoms with Gasteiger partial charge < -0.3 is 30.9 Å². The van der Waals surface area contributed by atoms with Crippen molar-refractivity contribution in [1.82, 2.24) is 15.5 Å². The van der Waals surface area contributed by atoms with Crippen LogP contribution in [0.15, 0.2) is 48.5 Å². The average Bonchev–Trinajstić information content (AvgIpc) is 3.11. The molecule has 2 aromatic rings. The lowest BCUT2D eigenvalue weighted by atomic mass is 9.85. The summed E-state index contributed by atoms with van der Waals surface area (Å²) in [5.41, 5.74) is 7.42. The van der Waals surface area contributed by atoms with E-state index in [1.54, 1.807) is 25.3 Å². The summed E-state index contributed by atoms with van der Waals surface area (Å²) in [6, 6.07) is 15.1. The van der Waals surface area contributed by atoms with Gasteiger partial charge in [0, 0.05) is 37.4 Å². The minimum Gasteiger partial charge on any atom is -0.495 e. The van der Waals surface area contributed by atoms with Crippen LogP contribution in [0.4, 0.5) is 11.4 Å². The van der Waals surface area contributed by atoms with Crippen LogP contribution < -0.4 is 26.0 Å². The van der Waals surface area contributed by atoms with Gasteiger partial charge in [0.1, 0.15) is 11.3 Å². The third-order valence-electron chi connectivity index (χ3n) is 6.29. The van der Waals surface area contributed by atoms with Crippen LogP contribution in [0.25, 0.3) is 0 Å². The van der Waals surface area contributed by atoms with E-state index in [1.807, 2.05) is 18.2 Å². The van der Waals surface area contributed by atoms with E-state index in [2.05, 4.69) is 32.6 Å². The van der Waals surface area contributed by atoms with Crippen molar-refractivity contribution < 1.29 is 14.3 Å². The van der Waals surface area contributed by atoms with Gasteiger partial charge in [0.2, 0.25) is 5.91 Å². The van der Waals surface area contributed by atoms with Crippen molar-refractivity contribution in [3.8, 4) is 5.75 Å². The number of nitrogens with zero attached hydrogens (tertiary/aromatic N) is 2. The largest absolute Gasteiger partial charge is 0.495 e. The number of carbonyl (C=O) groups excluding carboxylic acids is 2. The molecular formula is C23H29N5O3. The van der Waals surface area contributed by atoms with E-state index in [4.69, 9.17) is 10.5 Å². The molecule has 4 N–H and O–H groups in total. The Morgan fingerprint density at radius 1 is 1.19 bits per heavy atom. The number of methoxy groups -OCH3 is 1. The van der Waals surface area contributed by atoms with Crippen molar-refractivity contribution in [2.45, 2.75) is 18.4 Å². The maximum atomic E-state index is 12.7. The maximum absolute atomic E-state index is 12.7. The molecule has 0 aromatic heterocycles. The number of para-hydroxylation sites is 1. The minimum absolute atomic E-state index is 0.112. The van der Waals surface area contributed by atoms with Crippen molar-refractivity contribution >= 4 is 23.2 Å².